The molecule has 0 unspecified atom stereocenters. The molecule has 0 aliphatic carbocycles. The molecule has 0 aliphatic heterocycles. The smallest absolute Gasteiger partial charge is 0.258 e. The van der Waals surface area contributed by atoms with Crippen molar-refractivity contribution in [2.24, 2.45) is 0 Å². The molecule has 0 saturated heterocycles. The number of amides is 2. The molecule has 1 aromatic heterocycles. The van der Waals surface area contributed by atoms with Gasteiger partial charge < -0.3 is 19.9 Å². The first kappa shape index (κ1) is 25.3. The number of carbonyl (C=O) groups is 2. The second kappa shape index (κ2) is 11.7. The third-order valence-electron chi connectivity index (χ3n) is 5.39. The van der Waals surface area contributed by atoms with Gasteiger partial charge in [0.2, 0.25) is 5.91 Å². The van der Waals surface area contributed by atoms with Gasteiger partial charge in [0.05, 0.1) is 12.3 Å². The number of carbonyl (C=O) groups excluding carboxylic acids is 2. The van der Waals surface area contributed by atoms with E-state index in [2.05, 4.69) is 20.8 Å². The minimum absolute atomic E-state index is 0.0773. The number of thioether (sulfide) groups is 1. The molecule has 9 heteroatoms. The standard InChI is InChI=1S/C25H31N5O3S/c1-6-30-20(13-26-21(31)14-33-24-18(4)11-8-12-19(24)5)28-29-25(30)34-15-22(32)27-23-16(2)9-7-10-17(23)3/h7-12H,6,13-15H2,1-5H3,(H,26,31)(H,27,32). The highest BCUT2D eigenvalue weighted by Gasteiger charge is 2.15. The molecule has 2 amide bonds. The number of hydrogen-bond donors (Lipinski definition) is 2. The molecular weight excluding hydrogens is 450 g/mol. The summed E-state index contributed by atoms with van der Waals surface area (Å²) in [5.74, 6) is 1.22. The van der Waals surface area contributed by atoms with Crippen molar-refractivity contribution in [1.29, 1.82) is 0 Å². The number of benzene rings is 2. The summed E-state index contributed by atoms with van der Waals surface area (Å²) in [7, 11) is 0. The van der Waals surface area contributed by atoms with Crippen LogP contribution >= 0.6 is 11.8 Å². The molecule has 3 aromatic rings. The lowest BCUT2D eigenvalue weighted by molar-refractivity contribution is -0.123. The fraction of sp³-hybridized carbons (Fsp3) is 0.360. The predicted molar refractivity (Wildman–Crippen MR) is 134 cm³/mol. The molecule has 3 rings (SSSR count). The van der Waals surface area contributed by atoms with Crippen LogP contribution in [0.1, 0.15) is 35.0 Å². The number of hydrogen-bond acceptors (Lipinski definition) is 6. The number of rotatable bonds is 10. The summed E-state index contributed by atoms with van der Waals surface area (Å²) < 4.78 is 7.60. The van der Waals surface area contributed by atoms with Crippen molar-refractivity contribution in [1.82, 2.24) is 20.1 Å². The average Bonchev–Trinajstić information content (AvgIpc) is 3.20. The SMILES string of the molecule is CCn1c(CNC(=O)COc2c(C)cccc2C)nnc1SCC(=O)Nc1c(C)cccc1C. The van der Waals surface area contributed by atoms with Crippen LogP contribution in [0.4, 0.5) is 5.69 Å². The van der Waals surface area contributed by atoms with Gasteiger partial charge in [-0.05, 0) is 56.9 Å². The van der Waals surface area contributed by atoms with Crippen LogP contribution in [0.15, 0.2) is 41.6 Å². The maximum atomic E-state index is 12.5. The quantitative estimate of drug-likeness (QED) is 0.426. The first-order valence-corrected chi connectivity index (χ1v) is 12.1. The Balaban J connectivity index is 1.52. The zero-order valence-electron chi connectivity index (χ0n) is 20.3. The first-order valence-electron chi connectivity index (χ1n) is 11.2. The van der Waals surface area contributed by atoms with E-state index >= 15 is 0 Å². The molecule has 0 fully saturated rings. The maximum Gasteiger partial charge on any atom is 0.258 e. The van der Waals surface area contributed by atoms with Gasteiger partial charge in [0, 0.05) is 12.2 Å². The van der Waals surface area contributed by atoms with E-state index in [1.807, 2.05) is 75.6 Å². The number of aryl methyl sites for hydroxylation is 4. The van der Waals surface area contributed by atoms with Crippen molar-refractivity contribution in [3.05, 3.63) is 64.5 Å². The van der Waals surface area contributed by atoms with E-state index < -0.39 is 0 Å². The fourth-order valence-corrected chi connectivity index (χ4v) is 4.41. The van der Waals surface area contributed by atoms with Crippen molar-refractivity contribution in [3.8, 4) is 5.75 Å². The second-order valence-corrected chi connectivity index (χ2v) is 8.98. The van der Waals surface area contributed by atoms with Crippen LogP contribution in [0.25, 0.3) is 0 Å². The van der Waals surface area contributed by atoms with E-state index in [0.717, 1.165) is 33.7 Å². The average molecular weight is 482 g/mol. The molecule has 0 bridgehead atoms. The van der Waals surface area contributed by atoms with E-state index in [1.165, 1.54) is 11.8 Å². The molecule has 0 saturated carbocycles. The Morgan fingerprint density at radius 1 is 0.941 bits per heavy atom. The third kappa shape index (κ3) is 6.38. The highest BCUT2D eigenvalue weighted by atomic mass is 32.2. The normalized spacial score (nSPS) is 10.7. The Morgan fingerprint density at radius 3 is 2.18 bits per heavy atom. The molecule has 1 heterocycles. The van der Waals surface area contributed by atoms with Gasteiger partial charge in [0.25, 0.3) is 5.91 Å². The minimum Gasteiger partial charge on any atom is -0.483 e. The second-order valence-electron chi connectivity index (χ2n) is 8.03. The summed E-state index contributed by atoms with van der Waals surface area (Å²) in [6, 6.07) is 11.8. The molecular formula is C25H31N5O3S. The van der Waals surface area contributed by atoms with Gasteiger partial charge in [-0.2, -0.15) is 0 Å². The highest BCUT2D eigenvalue weighted by Crippen LogP contribution is 2.23. The van der Waals surface area contributed by atoms with Crippen molar-refractivity contribution in [2.45, 2.75) is 52.9 Å². The van der Waals surface area contributed by atoms with Crippen molar-refractivity contribution in [2.75, 3.05) is 17.7 Å². The predicted octanol–water partition coefficient (Wildman–Crippen LogP) is 3.96. The minimum atomic E-state index is -0.240. The van der Waals surface area contributed by atoms with E-state index in [4.69, 9.17) is 4.74 Å². The van der Waals surface area contributed by atoms with Gasteiger partial charge in [0.15, 0.2) is 17.6 Å². The molecule has 0 atom stereocenters. The van der Waals surface area contributed by atoms with Gasteiger partial charge in [-0.25, -0.2) is 0 Å². The molecule has 2 N–H and O–H groups in total. The van der Waals surface area contributed by atoms with E-state index in [1.54, 1.807) is 0 Å². The summed E-state index contributed by atoms with van der Waals surface area (Å²) >= 11 is 1.32. The molecule has 0 radical (unpaired) electrons. The van der Waals surface area contributed by atoms with Crippen molar-refractivity contribution in [3.63, 3.8) is 0 Å². The number of aromatic nitrogens is 3. The lowest BCUT2D eigenvalue weighted by Gasteiger charge is -2.12. The van der Waals surface area contributed by atoms with Crippen LogP contribution in [0.2, 0.25) is 0 Å². The van der Waals surface area contributed by atoms with Gasteiger partial charge in [-0.15, -0.1) is 10.2 Å². The lowest BCUT2D eigenvalue weighted by Crippen LogP contribution is -2.29. The van der Waals surface area contributed by atoms with E-state index in [0.29, 0.717) is 17.5 Å². The van der Waals surface area contributed by atoms with Gasteiger partial charge in [-0.1, -0.05) is 48.2 Å². The summed E-state index contributed by atoms with van der Waals surface area (Å²) in [5, 5.41) is 14.9. The Bertz CT molecular complexity index is 1130. The van der Waals surface area contributed by atoms with Crippen molar-refractivity contribution >= 4 is 29.3 Å². The fourth-order valence-electron chi connectivity index (χ4n) is 3.58. The van der Waals surface area contributed by atoms with Gasteiger partial charge in [-0.3, -0.25) is 9.59 Å². The zero-order valence-corrected chi connectivity index (χ0v) is 21.1. The van der Waals surface area contributed by atoms with Gasteiger partial charge in [0.1, 0.15) is 5.75 Å². The van der Waals surface area contributed by atoms with E-state index in [9.17, 15) is 9.59 Å². The van der Waals surface area contributed by atoms with Crippen LogP contribution in [-0.4, -0.2) is 38.9 Å². The first-order chi connectivity index (χ1) is 16.3. The molecule has 0 spiro atoms. The number of para-hydroxylation sites is 2. The topological polar surface area (TPSA) is 98.1 Å². The van der Waals surface area contributed by atoms with Crippen LogP contribution in [0.5, 0.6) is 5.75 Å². The summed E-state index contributed by atoms with van der Waals surface area (Å²) in [6.07, 6.45) is 0. The molecule has 0 aliphatic rings. The molecule has 8 nitrogen and oxygen atoms in total. The number of ether oxygens (including phenoxy) is 1. The largest absolute Gasteiger partial charge is 0.483 e. The van der Waals surface area contributed by atoms with Crippen LogP contribution in [0, 0.1) is 27.7 Å². The molecule has 34 heavy (non-hydrogen) atoms. The Kier molecular flexibility index (Phi) is 8.70. The molecule has 180 valence electrons. The number of nitrogens with zero attached hydrogens (tertiary/aromatic N) is 3. The summed E-state index contributed by atoms with van der Waals surface area (Å²) in [5.41, 5.74) is 4.87. The highest BCUT2D eigenvalue weighted by molar-refractivity contribution is 7.99. The Morgan fingerprint density at radius 2 is 1.56 bits per heavy atom. The third-order valence-corrected chi connectivity index (χ3v) is 6.35. The number of nitrogens with one attached hydrogen (secondary N) is 2. The zero-order chi connectivity index (χ0) is 24.7. The van der Waals surface area contributed by atoms with Crippen LogP contribution in [-0.2, 0) is 22.7 Å². The monoisotopic (exact) mass is 481 g/mol. The summed E-state index contributed by atoms with van der Waals surface area (Å²) in [6.45, 7) is 10.6. The molecule has 2 aromatic carbocycles. The van der Waals surface area contributed by atoms with Gasteiger partial charge >= 0.3 is 0 Å². The van der Waals surface area contributed by atoms with E-state index in [-0.39, 0.29) is 30.7 Å². The van der Waals surface area contributed by atoms with Crippen molar-refractivity contribution < 1.29 is 14.3 Å². The summed E-state index contributed by atoms with van der Waals surface area (Å²) in [4.78, 5) is 24.8. The Hall–Kier alpha value is -3.33. The Labute approximate surface area is 204 Å². The maximum absolute atomic E-state index is 12.5. The lowest BCUT2D eigenvalue weighted by atomic mass is 10.1. The van der Waals surface area contributed by atoms with Crippen LogP contribution in [0.3, 0.4) is 0 Å². The number of anilines is 1. The van der Waals surface area contributed by atoms with Crippen LogP contribution < -0.4 is 15.4 Å².